The summed E-state index contributed by atoms with van der Waals surface area (Å²) in [4.78, 5) is 15.8. The van der Waals surface area contributed by atoms with E-state index in [0.717, 1.165) is 17.4 Å². The lowest BCUT2D eigenvalue weighted by Crippen LogP contribution is -2.30. The molecule has 2 rings (SSSR count). The second-order valence-electron chi connectivity index (χ2n) is 3.81. The van der Waals surface area contributed by atoms with E-state index in [1.165, 1.54) is 0 Å². The molecule has 3 N–H and O–H groups in total. The number of rotatable bonds is 3. The molecule has 1 fully saturated rings. The normalized spacial score (nSPS) is 17.2. The summed E-state index contributed by atoms with van der Waals surface area (Å²) in [5.41, 5.74) is 5.96. The number of anilines is 1. The van der Waals surface area contributed by atoms with Crippen molar-refractivity contribution in [1.29, 1.82) is 0 Å². The molecule has 1 amide bonds. The first-order valence-electron chi connectivity index (χ1n) is 4.79. The van der Waals surface area contributed by atoms with Gasteiger partial charge in [0.25, 0.3) is 0 Å². The number of nitrogens with two attached hydrogens (primary N) is 1. The SMILES string of the molecule is NCC1(C(=O)Nc2ccc(Br)nc2)CC1. The van der Waals surface area contributed by atoms with Gasteiger partial charge in [-0.25, -0.2) is 4.98 Å². The van der Waals surface area contributed by atoms with Crippen molar-refractivity contribution in [1.82, 2.24) is 4.98 Å². The van der Waals surface area contributed by atoms with Crippen LogP contribution in [0.2, 0.25) is 0 Å². The molecule has 0 bridgehead atoms. The fraction of sp³-hybridized carbons (Fsp3) is 0.400. The van der Waals surface area contributed by atoms with Gasteiger partial charge in [-0.05, 0) is 40.9 Å². The average molecular weight is 270 g/mol. The van der Waals surface area contributed by atoms with Gasteiger partial charge in [-0.1, -0.05) is 0 Å². The molecular formula is C10H12BrN3O. The van der Waals surface area contributed by atoms with Crippen molar-refractivity contribution < 1.29 is 4.79 Å². The highest BCUT2D eigenvalue weighted by Gasteiger charge is 2.48. The molecule has 0 atom stereocenters. The van der Waals surface area contributed by atoms with Gasteiger partial charge in [0.15, 0.2) is 0 Å². The van der Waals surface area contributed by atoms with Crippen LogP contribution in [0, 0.1) is 5.41 Å². The van der Waals surface area contributed by atoms with Gasteiger partial charge in [0.1, 0.15) is 4.60 Å². The number of carbonyl (C=O) groups is 1. The van der Waals surface area contributed by atoms with Crippen LogP contribution in [0.4, 0.5) is 5.69 Å². The number of hydrogen-bond acceptors (Lipinski definition) is 3. The molecular weight excluding hydrogens is 258 g/mol. The summed E-state index contributed by atoms with van der Waals surface area (Å²) in [5.74, 6) is 0.00845. The quantitative estimate of drug-likeness (QED) is 0.818. The summed E-state index contributed by atoms with van der Waals surface area (Å²) < 4.78 is 0.750. The number of carbonyl (C=O) groups excluding carboxylic acids is 1. The zero-order valence-corrected chi connectivity index (χ0v) is 9.75. The second-order valence-corrected chi connectivity index (χ2v) is 4.62. The maximum absolute atomic E-state index is 11.8. The number of aromatic nitrogens is 1. The fourth-order valence-corrected chi connectivity index (χ4v) is 1.62. The lowest BCUT2D eigenvalue weighted by molar-refractivity contribution is -0.120. The van der Waals surface area contributed by atoms with Crippen LogP contribution in [0.25, 0.3) is 0 Å². The van der Waals surface area contributed by atoms with Crippen LogP contribution in [0.5, 0.6) is 0 Å². The highest BCUT2D eigenvalue weighted by atomic mass is 79.9. The minimum atomic E-state index is -0.312. The number of halogens is 1. The van der Waals surface area contributed by atoms with Crippen molar-refractivity contribution in [2.24, 2.45) is 11.1 Å². The molecule has 0 aliphatic heterocycles. The number of nitrogens with one attached hydrogen (secondary N) is 1. The van der Waals surface area contributed by atoms with Crippen LogP contribution < -0.4 is 11.1 Å². The summed E-state index contributed by atoms with van der Waals surface area (Å²) in [6.45, 7) is 0.419. The second kappa shape index (κ2) is 3.90. The molecule has 15 heavy (non-hydrogen) atoms. The molecule has 1 aliphatic rings. The predicted molar refractivity (Wildman–Crippen MR) is 61.3 cm³/mol. The molecule has 80 valence electrons. The first-order valence-corrected chi connectivity index (χ1v) is 5.59. The predicted octanol–water partition coefficient (Wildman–Crippen LogP) is 1.52. The summed E-state index contributed by atoms with van der Waals surface area (Å²) in [6.07, 6.45) is 3.40. The lowest BCUT2D eigenvalue weighted by atomic mass is 10.1. The zero-order valence-electron chi connectivity index (χ0n) is 8.16. The van der Waals surface area contributed by atoms with Gasteiger partial charge in [-0.15, -0.1) is 0 Å². The topological polar surface area (TPSA) is 68.0 Å². The Hall–Kier alpha value is -0.940. The Morgan fingerprint density at radius 2 is 2.33 bits per heavy atom. The van der Waals surface area contributed by atoms with Crippen molar-refractivity contribution in [2.75, 3.05) is 11.9 Å². The smallest absolute Gasteiger partial charge is 0.231 e. The lowest BCUT2D eigenvalue weighted by Gasteiger charge is -2.12. The molecule has 1 aliphatic carbocycles. The molecule has 4 nitrogen and oxygen atoms in total. The highest BCUT2D eigenvalue weighted by Crippen LogP contribution is 2.45. The molecule has 0 spiro atoms. The summed E-state index contributed by atoms with van der Waals surface area (Å²) in [7, 11) is 0. The summed E-state index contributed by atoms with van der Waals surface area (Å²) in [5, 5.41) is 2.82. The molecule has 1 heterocycles. The maximum atomic E-state index is 11.8. The van der Waals surface area contributed by atoms with Gasteiger partial charge in [-0.2, -0.15) is 0 Å². The van der Waals surface area contributed by atoms with E-state index in [9.17, 15) is 4.79 Å². The summed E-state index contributed by atoms with van der Waals surface area (Å²) in [6, 6.07) is 3.60. The van der Waals surface area contributed by atoms with Gasteiger partial charge in [0, 0.05) is 6.54 Å². The molecule has 0 radical (unpaired) electrons. The number of pyridine rings is 1. The highest BCUT2D eigenvalue weighted by molar-refractivity contribution is 9.10. The number of nitrogens with zero attached hydrogens (tertiary/aromatic N) is 1. The molecule has 1 aromatic heterocycles. The van der Waals surface area contributed by atoms with E-state index < -0.39 is 0 Å². The molecule has 5 heteroatoms. The third-order valence-corrected chi connectivity index (χ3v) is 3.18. The molecule has 0 aromatic carbocycles. The van der Waals surface area contributed by atoms with Crippen molar-refractivity contribution in [2.45, 2.75) is 12.8 Å². The van der Waals surface area contributed by atoms with Crippen LogP contribution in [-0.2, 0) is 4.79 Å². The third kappa shape index (κ3) is 2.18. The van der Waals surface area contributed by atoms with Gasteiger partial charge in [0.2, 0.25) is 5.91 Å². The minimum absolute atomic E-state index is 0.00845. The minimum Gasteiger partial charge on any atom is -0.329 e. The van der Waals surface area contributed by atoms with E-state index in [4.69, 9.17) is 5.73 Å². The Kier molecular flexibility index (Phi) is 2.75. The average Bonchev–Trinajstić information content (AvgIpc) is 3.02. The monoisotopic (exact) mass is 269 g/mol. The van der Waals surface area contributed by atoms with E-state index in [2.05, 4.69) is 26.2 Å². The first kappa shape index (κ1) is 10.6. The number of hydrogen-bond donors (Lipinski definition) is 2. The Morgan fingerprint density at radius 3 is 2.80 bits per heavy atom. The third-order valence-electron chi connectivity index (χ3n) is 2.71. The van der Waals surface area contributed by atoms with E-state index in [1.54, 1.807) is 12.3 Å². The fourth-order valence-electron chi connectivity index (χ4n) is 1.39. The van der Waals surface area contributed by atoms with E-state index in [1.807, 2.05) is 6.07 Å². The van der Waals surface area contributed by atoms with Gasteiger partial charge in [-0.3, -0.25) is 4.79 Å². The van der Waals surface area contributed by atoms with Crippen LogP contribution >= 0.6 is 15.9 Å². The van der Waals surface area contributed by atoms with E-state index in [-0.39, 0.29) is 11.3 Å². The van der Waals surface area contributed by atoms with Gasteiger partial charge >= 0.3 is 0 Å². The maximum Gasteiger partial charge on any atom is 0.231 e. The Bertz CT molecular complexity index is 373. The zero-order chi connectivity index (χ0) is 10.9. The Labute approximate surface area is 96.4 Å². The molecule has 0 unspecified atom stereocenters. The van der Waals surface area contributed by atoms with Crippen molar-refractivity contribution >= 4 is 27.5 Å². The van der Waals surface area contributed by atoms with Gasteiger partial charge < -0.3 is 11.1 Å². The van der Waals surface area contributed by atoms with Crippen molar-refractivity contribution in [3.63, 3.8) is 0 Å². The molecule has 1 aromatic rings. The van der Waals surface area contributed by atoms with Crippen LogP contribution in [-0.4, -0.2) is 17.4 Å². The van der Waals surface area contributed by atoms with E-state index in [0.29, 0.717) is 12.2 Å². The largest absolute Gasteiger partial charge is 0.329 e. The van der Waals surface area contributed by atoms with Crippen LogP contribution in [0.3, 0.4) is 0 Å². The van der Waals surface area contributed by atoms with Crippen molar-refractivity contribution in [3.05, 3.63) is 22.9 Å². The number of amides is 1. The van der Waals surface area contributed by atoms with Crippen LogP contribution in [0.1, 0.15) is 12.8 Å². The first-order chi connectivity index (χ1) is 7.16. The standard InChI is InChI=1S/C10H12BrN3O/c11-8-2-1-7(5-13-8)14-9(15)10(6-12)3-4-10/h1-2,5H,3-4,6,12H2,(H,14,15). The molecule has 0 saturated heterocycles. The van der Waals surface area contributed by atoms with Crippen molar-refractivity contribution in [3.8, 4) is 0 Å². The van der Waals surface area contributed by atoms with Crippen LogP contribution in [0.15, 0.2) is 22.9 Å². The Balaban J connectivity index is 2.03. The Morgan fingerprint density at radius 1 is 1.60 bits per heavy atom. The van der Waals surface area contributed by atoms with E-state index >= 15 is 0 Å². The molecule has 1 saturated carbocycles. The summed E-state index contributed by atoms with van der Waals surface area (Å²) >= 11 is 3.23. The van der Waals surface area contributed by atoms with Gasteiger partial charge in [0.05, 0.1) is 17.3 Å².